The Hall–Kier alpha value is -2.89. The molecular formula is C21H22FNO4. The molecule has 6 heteroatoms. The summed E-state index contributed by atoms with van der Waals surface area (Å²) in [5.74, 6) is -0.0681. The minimum atomic E-state index is -0.818. The van der Waals surface area contributed by atoms with E-state index < -0.39 is 11.9 Å². The SMILES string of the molecule is COc1ccc(CNC(=O)[C@H](C)Oc2ccc(F)c3c2C(=O)C[C@@H]3C)cc1. The summed E-state index contributed by atoms with van der Waals surface area (Å²) in [5, 5.41) is 2.79. The number of fused-ring (bicyclic) bond motifs is 1. The summed E-state index contributed by atoms with van der Waals surface area (Å²) in [6, 6.07) is 10.0. The zero-order valence-corrected chi connectivity index (χ0v) is 15.5. The van der Waals surface area contributed by atoms with Crippen LogP contribution in [0.4, 0.5) is 4.39 Å². The van der Waals surface area contributed by atoms with Crippen LogP contribution in [0.5, 0.6) is 11.5 Å². The van der Waals surface area contributed by atoms with Crippen LogP contribution in [0.3, 0.4) is 0 Å². The summed E-state index contributed by atoms with van der Waals surface area (Å²) in [5.41, 5.74) is 1.56. The Bertz CT molecular complexity index is 863. The number of rotatable bonds is 6. The lowest BCUT2D eigenvalue weighted by molar-refractivity contribution is -0.127. The molecule has 3 rings (SSSR count). The minimum Gasteiger partial charge on any atom is -0.497 e. The van der Waals surface area contributed by atoms with Gasteiger partial charge in [0, 0.05) is 18.5 Å². The zero-order valence-electron chi connectivity index (χ0n) is 15.5. The fourth-order valence-corrected chi connectivity index (χ4v) is 3.24. The minimum absolute atomic E-state index is 0.155. The quantitative estimate of drug-likeness (QED) is 0.843. The third-order valence-electron chi connectivity index (χ3n) is 4.72. The molecular weight excluding hydrogens is 349 g/mol. The maximum Gasteiger partial charge on any atom is 0.261 e. The Labute approximate surface area is 157 Å². The smallest absolute Gasteiger partial charge is 0.261 e. The van der Waals surface area contributed by atoms with Crippen molar-refractivity contribution in [1.82, 2.24) is 5.32 Å². The Morgan fingerprint density at radius 3 is 2.63 bits per heavy atom. The van der Waals surface area contributed by atoms with Gasteiger partial charge in [0.1, 0.15) is 17.3 Å². The lowest BCUT2D eigenvalue weighted by atomic mass is 10.0. The first-order valence-corrected chi connectivity index (χ1v) is 8.83. The van der Waals surface area contributed by atoms with Crippen LogP contribution in [0.15, 0.2) is 36.4 Å². The number of halogens is 1. The average Bonchev–Trinajstić information content (AvgIpc) is 2.97. The van der Waals surface area contributed by atoms with Gasteiger partial charge >= 0.3 is 0 Å². The van der Waals surface area contributed by atoms with Gasteiger partial charge in [-0.05, 0) is 42.7 Å². The van der Waals surface area contributed by atoms with Gasteiger partial charge in [0.25, 0.3) is 5.91 Å². The molecule has 0 radical (unpaired) electrons. The first-order chi connectivity index (χ1) is 12.9. The molecule has 2 atom stereocenters. The molecule has 1 amide bonds. The number of hydrogen-bond donors (Lipinski definition) is 1. The van der Waals surface area contributed by atoms with Gasteiger partial charge in [0.2, 0.25) is 0 Å². The topological polar surface area (TPSA) is 64.6 Å². The average molecular weight is 371 g/mol. The Morgan fingerprint density at radius 2 is 1.96 bits per heavy atom. The maximum atomic E-state index is 14.1. The lowest BCUT2D eigenvalue weighted by Crippen LogP contribution is -2.36. The van der Waals surface area contributed by atoms with Crippen molar-refractivity contribution in [2.75, 3.05) is 7.11 Å². The highest BCUT2D eigenvalue weighted by molar-refractivity contribution is 6.03. The Kier molecular flexibility index (Phi) is 5.44. The Balaban J connectivity index is 1.66. The lowest BCUT2D eigenvalue weighted by Gasteiger charge is -2.17. The summed E-state index contributed by atoms with van der Waals surface area (Å²) < 4.78 is 24.9. The van der Waals surface area contributed by atoms with Gasteiger partial charge in [-0.25, -0.2) is 4.39 Å². The number of methoxy groups -OCH3 is 1. The molecule has 0 aliphatic heterocycles. The van der Waals surface area contributed by atoms with E-state index in [-0.39, 0.29) is 35.3 Å². The molecule has 0 unspecified atom stereocenters. The van der Waals surface area contributed by atoms with Crippen molar-refractivity contribution >= 4 is 11.7 Å². The van der Waals surface area contributed by atoms with Crippen molar-refractivity contribution in [3.63, 3.8) is 0 Å². The molecule has 1 aliphatic rings. The van der Waals surface area contributed by atoms with Crippen LogP contribution in [0.25, 0.3) is 0 Å². The van der Waals surface area contributed by atoms with Gasteiger partial charge < -0.3 is 14.8 Å². The molecule has 0 saturated carbocycles. The fourth-order valence-electron chi connectivity index (χ4n) is 3.24. The highest BCUT2D eigenvalue weighted by Crippen LogP contribution is 2.40. The number of carbonyl (C=O) groups excluding carboxylic acids is 2. The number of nitrogens with one attached hydrogen (secondary N) is 1. The van der Waals surface area contributed by atoms with Crippen LogP contribution < -0.4 is 14.8 Å². The van der Waals surface area contributed by atoms with E-state index in [1.54, 1.807) is 14.0 Å². The second-order valence-corrected chi connectivity index (χ2v) is 6.69. The monoisotopic (exact) mass is 371 g/mol. The maximum absolute atomic E-state index is 14.1. The van der Waals surface area contributed by atoms with E-state index in [0.717, 1.165) is 11.3 Å². The molecule has 27 heavy (non-hydrogen) atoms. The first kappa shape index (κ1) is 18.9. The van der Waals surface area contributed by atoms with Crippen molar-refractivity contribution in [2.24, 2.45) is 0 Å². The van der Waals surface area contributed by atoms with Gasteiger partial charge in [-0.15, -0.1) is 0 Å². The molecule has 2 aromatic carbocycles. The summed E-state index contributed by atoms with van der Waals surface area (Å²) >= 11 is 0. The predicted octanol–water partition coefficient (Wildman–Crippen LogP) is 3.61. The number of ketones is 1. The van der Waals surface area contributed by atoms with Gasteiger partial charge in [-0.2, -0.15) is 0 Å². The molecule has 0 spiro atoms. The highest BCUT2D eigenvalue weighted by Gasteiger charge is 2.33. The van der Waals surface area contributed by atoms with E-state index in [4.69, 9.17) is 9.47 Å². The predicted molar refractivity (Wildman–Crippen MR) is 98.7 cm³/mol. The van der Waals surface area contributed by atoms with Crippen molar-refractivity contribution in [1.29, 1.82) is 0 Å². The molecule has 0 fully saturated rings. The standard InChI is InChI=1S/C21H22FNO4/c1-12-10-17(24)20-18(9-8-16(22)19(12)20)27-13(2)21(25)23-11-14-4-6-15(26-3)7-5-14/h4-9,12-13H,10-11H2,1-3H3,(H,23,25)/t12-,13-/m0/s1. The first-order valence-electron chi connectivity index (χ1n) is 8.83. The molecule has 0 saturated heterocycles. The molecule has 0 bridgehead atoms. The second kappa shape index (κ2) is 7.78. The molecule has 1 aliphatic carbocycles. The molecule has 142 valence electrons. The van der Waals surface area contributed by atoms with Crippen LogP contribution in [-0.4, -0.2) is 24.9 Å². The Morgan fingerprint density at radius 1 is 1.26 bits per heavy atom. The van der Waals surface area contributed by atoms with E-state index in [9.17, 15) is 14.0 Å². The van der Waals surface area contributed by atoms with Gasteiger partial charge in [0.05, 0.1) is 12.7 Å². The summed E-state index contributed by atoms with van der Waals surface area (Å²) in [6.45, 7) is 3.75. The normalized spacial score (nSPS) is 16.6. The molecule has 2 aromatic rings. The number of benzene rings is 2. The van der Waals surface area contributed by atoms with Gasteiger partial charge in [-0.3, -0.25) is 9.59 Å². The van der Waals surface area contributed by atoms with Crippen LogP contribution in [-0.2, 0) is 11.3 Å². The molecule has 0 aromatic heterocycles. The number of amides is 1. The van der Waals surface area contributed by atoms with Crippen molar-refractivity contribution < 1.29 is 23.5 Å². The van der Waals surface area contributed by atoms with Crippen LogP contribution in [0, 0.1) is 5.82 Å². The van der Waals surface area contributed by atoms with E-state index in [2.05, 4.69) is 5.32 Å². The third-order valence-corrected chi connectivity index (χ3v) is 4.72. The number of ether oxygens (including phenoxy) is 2. The van der Waals surface area contributed by atoms with E-state index in [0.29, 0.717) is 12.1 Å². The zero-order chi connectivity index (χ0) is 19.6. The van der Waals surface area contributed by atoms with E-state index in [1.165, 1.54) is 12.1 Å². The van der Waals surface area contributed by atoms with Gasteiger partial charge in [-0.1, -0.05) is 19.1 Å². The number of carbonyl (C=O) groups is 2. The van der Waals surface area contributed by atoms with Crippen molar-refractivity contribution in [3.8, 4) is 11.5 Å². The fraction of sp³-hybridized carbons (Fsp3) is 0.333. The molecule has 0 heterocycles. The van der Waals surface area contributed by atoms with Crippen molar-refractivity contribution in [3.05, 3.63) is 58.9 Å². The van der Waals surface area contributed by atoms with Crippen LogP contribution in [0.2, 0.25) is 0 Å². The van der Waals surface area contributed by atoms with Gasteiger partial charge in [0.15, 0.2) is 11.9 Å². The summed E-state index contributed by atoms with van der Waals surface area (Å²) in [6.07, 6.45) is -0.563. The molecule has 1 N–H and O–H groups in total. The number of Topliss-reactive ketones (excluding diaryl/α,β-unsaturated/α-hetero) is 1. The molecule has 5 nitrogen and oxygen atoms in total. The summed E-state index contributed by atoms with van der Waals surface area (Å²) in [7, 11) is 1.59. The third kappa shape index (κ3) is 3.94. The van der Waals surface area contributed by atoms with Crippen LogP contribution in [0.1, 0.15) is 47.7 Å². The number of hydrogen-bond acceptors (Lipinski definition) is 4. The van der Waals surface area contributed by atoms with Crippen LogP contribution >= 0.6 is 0 Å². The van der Waals surface area contributed by atoms with E-state index in [1.807, 2.05) is 31.2 Å². The van der Waals surface area contributed by atoms with Crippen molar-refractivity contribution in [2.45, 2.75) is 38.8 Å². The summed E-state index contributed by atoms with van der Waals surface area (Å²) in [4.78, 5) is 24.5. The second-order valence-electron chi connectivity index (χ2n) is 6.69. The van der Waals surface area contributed by atoms with E-state index >= 15 is 0 Å². The highest BCUT2D eigenvalue weighted by atomic mass is 19.1. The largest absolute Gasteiger partial charge is 0.497 e.